The van der Waals surface area contributed by atoms with Crippen molar-refractivity contribution in [3.8, 4) is 17.2 Å². The second kappa shape index (κ2) is 8.96. The average Bonchev–Trinajstić information content (AvgIpc) is 2.85. The van der Waals surface area contributed by atoms with Crippen molar-refractivity contribution >= 4 is 16.7 Å². The summed E-state index contributed by atoms with van der Waals surface area (Å²) in [4.78, 5) is 15.8. The van der Waals surface area contributed by atoms with Gasteiger partial charge in [0.15, 0.2) is 0 Å². The fourth-order valence-corrected chi connectivity index (χ4v) is 4.73. The zero-order chi connectivity index (χ0) is 21.0. The highest BCUT2D eigenvalue weighted by molar-refractivity contribution is 5.92. The number of nitrogens with one attached hydrogen (secondary N) is 1. The van der Waals surface area contributed by atoms with Gasteiger partial charge in [-0.1, -0.05) is 6.07 Å². The van der Waals surface area contributed by atoms with E-state index in [1.165, 1.54) is 12.8 Å². The first-order valence-corrected chi connectivity index (χ1v) is 11.0. The van der Waals surface area contributed by atoms with E-state index in [-0.39, 0.29) is 0 Å². The molecule has 7 nitrogen and oxygen atoms in total. The number of aromatic nitrogens is 3. The van der Waals surface area contributed by atoms with E-state index in [1.807, 2.05) is 18.2 Å². The Kier molecular flexibility index (Phi) is 5.74. The van der Waals surface area contributed by atoms with Crippen molar-refractivity contribution in [3.63, 3.8) is 0 Å². The standard InChI is InChI=1S/C24H26N6O/c25-13-17-11-19(15-26-14-17)18-1-6-23-22(12-18)24(28-16-27-23)29-20-2-4-21(5-3-20)30-7-9-31-10-8-30/h1,6,11-12,14-16,20-21H,2-5,7-10H2,(H,27,28,29). The van der Waals surface area contributed by atoms with Crippen LogP contribution in [0.1, 0.15) is 31.2 Å². The van der Waals surface area contributed by atoms with E-state index in [0.29, 0.717) is 17.6 Å². The first-order chi connectivity index (χ1) is 15.3. The van der Waals surface area contributed by atoms with Crippen LogP contribution in [0, 0.1) is 11.3 Å². The van der Waals surface area contributed by atoms with Crippen molar-refractivity contribution in [1.82, 2.24) is 19.9 Å². The van der Waals surface area contributed by atoms with Gasteiger partial charge in [-0.25, -0.2) is 9.97 Å². The van der Waals surface area contributed by atoms with Crippen LogP contribution in [0.2, 0.25) is 0 Å². The third-order valence-corrected chi connectivity index (χ3v) is 6.44. The van der Waals surface area contributed by atoms with Crippen LogP contribution in [0.4, 0.5) is 5.82 Å². The van der Waals surface area contributed by atoms with Gasteiger partial charge in [0, 0.05) is 48.5 Å². The molecule has 2 fully saturated rings. The third kappa shape index (κ3) is 4.36. The summed E-state index contributed by atoms with van der Waals surface area (Å²) in [5, 5.41) is 13.9. The molecule has 158 valence electrons. The van der Waals surface area contributed by atoms with Gasteiger partial charge < -0.3 is 10.1 Å². The van der Waals surface area contributed by atoms with E-state index in [4.69, 9.17) is 4.74 Å². The lowest BCUT2D eigenvalue weighted by Crippen LogP contribution is -2.46. The average molecular weight is 415 g/mol. The molecule has 1 saturated carbocycles. The van der Waals surface area contributed by atoms with Crippen LogP contribution in [0.5, 0.6) is 0 Å². The summed E-state index contributed by atoms with van der Waals surface area (Å²) >= 11 is 0. The lowest BCUT2D eigenvalue weighted by Gasteiger charge is -2.39. The Hall–Kier alpha value is -3.08. The Bertz CT molecular complexity index is 1100. The monoisotopic (exact) mass is 414 g/mol. The number of anilines is 1. The zero-order valence-electron chi connectivity index (χ0n) is 17.5. The Balaban J connectivity index is 1.33. The molecule has 0 bridgehead atoms. The minimum absolute atomic E-state index is 0.419. The number of rotatable bonds is 4. The second-order valence-electron chi connectivity index (χ2n) is 8.33. The number of nitriles is 1. The maximum atomic E-state index is 9.18. The number of nitrogens with zero attached hydrogens (tertiary/aromatic N) is 5. The highest BCUT2D eigenvalue weighted by Gasteiger charge is 2.27. The number of fused-ring (bicyclic) bond motifs is 1. The topological polar surface area (TPSA) is 87.0 Å². The lowest BCUT2D eigenvalue weighted by molar-refractivity contribution is 0.00791. The van der Waals surface area contributed by atoms with Crippen molar-refractivity contribution in [2.75, 3.05) is 31.6 Å². The summed E-state index contributed by atoms with van der Waals surface area (Å²) in [5.74, 6) is 0.881. The van der Waals surface area contributed by atoms with Gasteiger partial charge in [-0.05, 0) is 49.4 Å². The van der Waals surface area contributed by atoms with Crippen LogP contribution in [0.15, 0.2) is 43.0 Å². The van der Waals surface area contributed by atoms with Gasteiger partial charge >= 0.3 is 0 Å². The van der Waals surface area contributed by atoms with Crippen molar-refractivity contribution in [2.24, 2.45) is 0 Å². The van der Waals surface area contributed by atoms with Gasteiger partial charge in [-0.2, -0.15) is 5.26 Å². The van der Waals surface area contributed by atoms with E-state index in [9.17, 15) is 5.26 Å². The first kappa shape index (κ1) is 19.9. The predicted molar refractivity (Wildman–Crippen MR) is 120 cm³/mol. The highest BCUT2D eigenvalue weighted by Crippen LogP contribution is 2.30. The third-order valence-electron chi connectivity index (χ3n) is 6.44. The molecular formula is C24H26N6O. The number of hydrogen-bond acceptors (Lipinski definition) is 7. The van der Waals surface area contributed by atoms with Gasteiger partial charge in [0.2, 0.25) is 0 Å². The molecule has 0 atom stereocenters. The molecule has 5 rings (SSSR count). The molecule has 1 aliphatic carbocycles. The summed E-state index contributed by atoms with van der Waals surface area (Å²) in [6.45, 7) is 3.84. The molecule has 0 amide bonds. The minimum Gasteiger partial charge on any atom is -0.379 e. The summed E-state index contributed by atoms with van der Waals surface area (Å²) in [6.07, 6.45) is 9.68. The fourth-order valence-electron chi connectivity index (χ4n) is 4.73. The second-order valence-corrected chi connectivity index (χ2v) is 8.33. The first-order valence-electron chi connectivity index (χ1n) is 11.0. The molecule has 1 saturated heterocycles. The van der Waals surface area contributed by atoms with E-state index < -0.39 is 0 Å². The molecule has 3 heterocycles. The molecule has 1 N–H and O–H groups in total. The van der Waals surface area contributed by atoms with Gasteiger partial charge in [0.1, 0.15) is 18.2 Å². The van der Waals surface area contributed by atoms with Crippen LogP contribution >= 0.6 is 0 Å². The van der Waals surface area contributed by atoms with E-state index >= 15 is 0 Å². The predicted octanol–water partition coefficient (Wildman–Crippen LogP) is 3.62. The number of hydrogen-bond donors (Lipinski definition) is 1. The van der Waals surface area contributed by atoms with Crippen molar-refractivity contribution < 1.29 is 4.74 Å². The van der Waals surface area contributed by atoms with Crippen molar-refractivity contribution in [1.29, 1.82) is 5.26 Å². The van der Waals surface area contributed by atoms with Crippen LogP contribution in [0.3, 0.4) is 0 Å². The highest BCUT2D eigenvalue weighted by atomic mass is 16.5. The molecule has 2 aromatic heterocycles. The molecular weight excluding hydrogens is 388 g/mol. The summed E-state index contributed by atoms with van der Waals surface area (Å²) in [7, 11) is 0. The Morgan fingerprint density at radius 3 is 2.65 bits per heavy atom. The molecule has 31 heavy (non-hydrogen) atoms. The molecule has 0 spiro atoms. The van der Waals surface area contributed by atoms with Crippen LogP contribution in [0.25, 0.3) is 22.0 Å². The molecule has 3 aromatic rings. The van der Waals surface area contributed by atoms with Gasteiger partial charge in [0.05, 0.1) is 24.3 Å². The molecule has 1 aliphatic heterocycles. The molecule has 0 radical (unpaired) electrons. The quantitative estimate of drug-likeness (QED) is 0.698. The van der Waals surface area contributed by atoms with Crippen LogP contribution in [-0.4, -0.2) is 58.2 Å². The smallest absolute Gasteiger partial charge is 0.137 e. The Labute approximate surface area is 182 Å². The largest absolute Gasteiger partial charge is 0.379 e. The number of ether oxygens (including phenoxy) is 1. The fraction of sp³-hybridized carbons (Fsp3) is 0.417. The lowest BCUT2D eigenvalue weighted by atomic mass is 9.90. The van der Waals surface area contributed by atoms with Crippen molar-refractivity contribution in [2.45, 2.75) is 37.8 Å². The summed E-state index contributed by atoms with van der Waals surface area (Å²) in [6, 6.07) is 11.2. The Morgan fingerprint density at radius 1 is 1.00 bits per heavy atom. The molecule has 0 unspecified atom stereocenters. The minimum atomic E-state index is 0.419. The van der Waals surface area contributed by atoms with E-state index in [1.54, 1.807) is 18.7 Å². The number of benzene rings is 1. The normalized spacial score (nSPS) is 22.2. The SMILES string of the molecule is N#Cc1cncc(-c2ccc3ncnc(NC4CCC(N5CCOCC5)CC4)c3c2)c1. The number of morpholine rings is 1. The summed E-state index contributed by atoms with van der Waals surface area (Å²) in [5.41, 5.74) is 3.39. The van der Waals surface area contributed by atoms with Gasteiger partial charge in [-0.15, -0.1) is 0 Å². The van der Waals surface area contributed by atoms with Gasteiger partial charge in [0.25, 0.3) is 0 Å². The van der Waals surface area contributed by atoms with Crippen molar-refractivity contribution in [3.05, 3.63) is 48.5 Å². The Morgan fingerprint density at radius 2 is 1.84 bits per heavy atom. The van der Waals surface area contributed by atoms with Crippen LogP contribution < -0.4 is 5.32 Å². The van der Waals surface area contributed by atoms with E-state index in [0.717, 1.165) is 67.0 Å². The zero-order valence-corrected chi connectivity index (χ0v) is 17.5. The maximum Gasteiger partial charge on any atom is 0.137 e. The molecule has 7 heteroatoms. The molecule has 1 aromatic carbocycles. The number of pyridine rings is 1. The maximum absolute atomic E-state index is 9.18. The van der Waals surface area contributed by atoms with E-state index in [2.05, 4.69) is 37.3 Å². The summed E-state index contributed by atoms with van der Waals surface area (Å²) < 4.78 is 5.50. The van der Waals surface area contributed by atoms with Gasteiger partial charge in [-0.3, -0.25) is 9.88 Å². The molecule has 2 aliphatic rings. The van der Waals surface area contributed by atoms with Crippen LogP contribution in [-0.2, 0) is 4.74 Å².